The van der Waals surface area contributed by atoms with E-state index in [-0.39, 0.29) is 28.1 Å². The van der Waals surface area contributed by atoms with Gasteiger partial charge in [-0.1, -0.05) is 23.7 Å². The van der Waals surface area contributed by atoms with Gasteiger partial charge in [-0.3, -0.25) is 9.79 Å². The van der Waals surface area contributed by atoms with Gasteiger partial charge in [0.25, 0.3) is 5.91 Å². The Labute approximate surface area is 166 Å². The number of aliphatic imine (C=N–C) groups is 1. The van der Waals surface area contributed by atoms with Crippen molar-refractivity contribution in [2.45, 2.75) is 10.9 Å². The van der Waals surface area contributed by atoms with Gasteiger partial charge in [-0.25, -0.2) is 8.42 Å². The fourth-order valence-corrected chi connectivity index (χ4v) is 4.47. The van der Waals surface area contributed by atoms with Crippen molar-refractivity contribution in [2.75, 3.05) is 23.9 Å². The second-order valence-electron chi connectivity index (χ2n) is 6.00. The molecule has 1 unspecified atom stereocenters. The first-order chi connectivity index (χ1) is 12.8. The maximum Gasteiger partial charge on any atom is 0.257 e. The Morgan fingerprint density at radius 3 is 2.56 bits per heavy atom. The van der Waals surface area contributed by atoms with Crippen LogP contribution in [0.25, 0.3) is 0 Å². The van der Waals surface area contributed by atoms with Crippen LogP contribution in [0.5, 0.6) is 0 Å². The van der Waals surface area contributed by atoms with E-state index in [1.165, 1.54) is 30.0 Å². The normalized spacial score (nSPS) is 16.9. The molecule has 2 aromatic rings. The van der Waals surface area contributed by atoms with Crippen LogP contribution < -0.4 is 5.32 Å². The van der Waals surface area contributed by atoms with Crippen LogP contribution >= 0.6 is 23.4 Å². The van der Waals surface area contributed by atoms with E-state index in [1.54, 1.807) is 12.1 Å². The van der Waals surface area contributed by atoms with Gasteiger partial charge in [0, 0.05) is 17.7 Å². The molecule has 1 aliphatic rings. The van der Waals surface area contributed by atoms with E-state index >= 15 is 0 Å². The van der Waals surface area contributed by atoms with Crippen LogP contribution in [-0.2, 0) is 9.84 Å². The smallest absolute Gasteiger partial charge is 0.257 e. The third-order valence-electron chi connectivity index (χ3n) is 4.01. The number of rotatable bonds is 5. The number of thioether (sulfide) groups is 1. The average molecular weight is 425 g/mol. The number of aliphatic hydroxyl groups is 1. The lowest BCUT2D eigenvalue weighted by molar-refractivity contribution is 0.102. The van der Waals surface area contributed by atoms with E-state index in [4.69, 9.17) is 16.7 Å². The van der Waals surface area contributed by atoms with E-state index in [9.17, 15) is 13.2 Å². The number of benzene rings is 2. The number of carbonyl (C=O) groups is 1. The van der Waals surface area contributed by atoms with Crippen LogP contribution in [0.4, 0.5) is 5.69 Å². The molecule has 0 aliphatic carbocycles. The number of amides is 1. The summed E-state index contributed by atoms with van der Waals surface area (Å²) >= 11 is 7.61. The summed E-state index contributed by atoms with van der Waals surface area (Å²) < 4.78 is 23.1. The summed E-state index contributed by atoms with van der Waals surface area (Å²) in [6.45, 7) is -0.0474. The lowest BCUT2D eigenvalue weighted by atomic mass is 10.1. The Bertz CT molecular complexity index is 1000. The number of sulfone groups is 1. The maximum atomic E-state index is 12.4. The fraction of sp³-hybridized carbons (Fsp3) is 0.222. The SMILES string of the molecule is CS(=O)(=O)c1ccc(C(=O)Nc2ccc(C3CSC(CO)=N3)cc2)c(Cl)c1. The molecule has 0 spiro atoms. The zero-order chi connectivity index (χ0) is 19.6. The van der Waals surface area contributed by atoms with Crippen LogP contribution in [0.15, 0.2) is 52.4 Å². The number of halogens is 1. The Balaban J connectivity index is 1.72. The summed E-state index contributed by atoms with van der Waals surface area (Å²) in [5.74, 6) is 0.356. The Morgan fingerprint density at radius 1 is 1.30 bits per heavy atom. The van der Waals surface area contributed by atoms with Gasteiger partial charge in [-0.2, -0.15) is 0 Å². The third kappa shape index (κ3) is 4.70. The van der Waals surface area contributed by atoms with Crippen molar-refractivity contribution in [3.05, 3.63) is 58.6 Å². The number of aliphatic hydroxyl groups excluding tert-OH is 1. The largest absolute Gasteiger partial charge is 0.390 e. The molecule has 3 rings (SSSR count). The Kier molecular flexibility index (Phi) is 5.90. The summed E-state index contributed by atoms with van der Waals surface area (Å²) in [5, 5.41) is 12.7. The molecule has 1 heterocycles. The maximum absolute atomic E-state index is 12.4. The van der Waals surface area contributed by atoms with Crippen LogP contribution in [0.2, 0.25) is 5.02 Å². The summed E-state index contributed by atoms with van der Waals surface area (Å²) in [6.07, 6.45) is 1.08. The highest BCUT2D eigenvalue weighted by atomic mass is 35.5. The van der Waals surface area contributed by atoms with Crippen molar-refractivity contribution in [3.63, 3.8) is 0 Å². The molecule has 1 amide bonds. The van der Waals surface area contributed by atoms with Gasteiger partial charge in [-0.05, 0) is 35.9 Å². The number of anilines is 1. The topological polar surface area (TPSA) is 95.8 Å². The molecule has 0 bridgehead atoms. The lowest BCUT2D eigenvalue weighted by Gasteiger charge is -2.10. The molecule has 0 radical (unpaired) electrons. The van der Waals surface area contributed by atoms with Gasteiger partial charge < -0.3 is 10.4 Å². The molecule has 9 heteroatoms. The van der Waals surface area contributed by atoms with Crippen molar-refractivity contribution in [2.24, 2.45) is 4.99 Å². The lowest BCUT2D eigenvalue weighted by Crippen LogP contribution is -2.13. The van der Waals surface area contributed by atoms with Crippen molar-refractivity contribution in [1.29, 1.82) is 0 Å². The van der Waals surface area contributed by atoms with E-state index < -0.39 is 15.7 Å². The Hall–Kier alpha value is -1.87. The molecular weight excluding hydrogens is 408 g/mol. The first-order valence-corrected chi connectivity index (χ1v) is 11.2. The Morgan fingerprint density at radius 2 is 2.00 bits per heavy atom. The van der Waals surface area contributed by atoms with Gasteiger partial charge >= 0.3 is 0 Å². The van der Waals surface area contributed by atoms with Gasteiger partial charge in [0.2, 0.25) is 0 Å². The summed E-state index contributed by atoms with van der Waals surface area (Å²) in [5.41, 5.74) is 1.78. The molecule has 1 aliphatic heterocycles. The van der Waals surface area contributed by atoms with E-state index in [0.717, 1.165) is 22.6 Å². The molecule has 0 fully saturated rings. The fourth-order valence-electron chi connectivity index (χ4n) is 2.58. The average Bonchev–Trinajstić information content (AvgIpc) is 3.10. The summed E-state index contributed by atoms with van der Waals surface area (Å²) in [6, 6.07) is 11.3. The monoisotopic (exact) mass is 424 g/mol. The minimum atomic E-state index is -3.39. The number of nitrogens with one attached hydrogen (secondary N) is 1. The quantitative estimate of drug-likeness (QED) is 0.768. The second-order valence-corrected chi connectivity index (χ2v) is 9.51. The predicted octanol–water partition coefficient (Wildman–Crippen LogP) is 3.17. The van der Waals surface area contributed by atoms with E-state index in [2.05, 4.69) is 10.3 Å². The first kappa shape index (κ1) is 19.9. The highest BCUT2D eigenvalue weighted by molar-refractivity contribution is 8.14. The number of hydrogen-bond acceptors (Lipinski definition) is 6. The molecule has 2 N–H and O–H groups in total. The van der Waals surface area contributed by atoms with Gasteiger partial charge in [0.1, 0.15) is 0 Å². The van der Waals surface area contributed by atoms with Crippen molar-refractivity contribution in [1.82, 2.24) is 0 Å². The molecule has 27 heavy (non-hydrogen) atoms. The number of nitrogens with zero attached hydrogens (tertiary/aromatic N) is 1. The van der Waals surface area contributed by atoms with Crippen molar-refractivity contribution < 1.29 is 18.3 Å². The molecular formula is C18H17ClN2O4S2. The zero-order valence-electron chi connectivity index (χ0n) is 14.3. The standard InChI is InChI=1S/C18H17ClN2O4S2/c1-27(24,25)13-6-7-14(15(19)8-13)18(23)20-12-4-2-11(3-5-12)16-10-26-17(9-22)21-16/h2-8,16,22H,9-10H2,1H3,(H,20,23). The highest BCUT2D eigenvalue weighted by Gasteiger charge is 2.19. The minimum absolute atomic E-state index is 0.000108. The molecule has 0 aromatic heterocycles. The van der Waals surface area contributed by atoms with E-state index in [0.29, 0.717) is 5.69 Å². The molecule has 2 aromatic carbocycles. The third-order valence-corrected chi connectivity index (χ3v) is 6.48. The van der Waals surface area contributed by atoms with Gasteiger partial charge in [0.05, 0.1) is 33.2 Å². The summed E-state index contributed by atoms with van der Waals surface area (Å²) in [7, 11) is -3.39. The molecule has 142 valence electrons. The first-order valence-electron chi connectivity index (χ1n) is 7.99. The number of carbonyl (C=O) groups excluding carboxylic acids is 1. The second kappa shape index (κ2) is 8.02. The van der Waals surface area contributed by atoms with Crippen molar-refractivity contribution in [3.8, 4) is 0 Å². The molecule has 0 saturated heterocycles. The summed E-state index contributed by atoms with van der Waals surface area (Å²) in [4.78, 5) is 16.9. The zero-order valence-corrected chi connectivity index (χ0v) is 16.7. The predicted molar refractivity (Wildman–Crippen MR) is 109 cm³/mol. The van der Waals surface area contributed by atoms with Crippen LogP contribution in [0.1, 0.15) is 22.0 Å². The van der Waals surface area contributed by atoms with Crippen LogP contribution in [0, 0.1) is 0 Å². The molecule has 0 saturated carbocycles. The van der Waals surface area contributed by atoms with E-state index in [1.807, 2.05) is 12.1 Å². The van der Waals surface area contributed by atoms with Crippen LogP contribution in [-0.4, -0.2) is 43.1 Å². The van der Waals surface area contributed by atoms with Gasteiger partial charge in [-0.15, -0.1) is 11.8 Å². The molecule has 6 nitrogen and oxygen atoms in total. The highest BCUT2D eigenvalue weighted by Crippen LogP contribution is 2.31. The number of hydrogen-bond donors (Lipinski definition) is 2. The minimum Gasteiger partial charge on any atom is -0.390 e. The molecule has 1 atom stereocenters. The van der Waals surface area contributed by atoms with Crippen molar-refractivity contribution >= 4 is 49.8 Å². The van der Waals surface area contributed by atoms with Gasteiger partial charge in [0.15, 0.2) is 9.84 Å². The van der Waals surface area contributed by atoms with Crippen LogP contribution in [0.3, 0.4) is 0 Å².